The first-order chi connectivity index (χ1) is 14.3. The van der Waals surface area contributed by atoms with Crippen LogP contribution >= 0.6 is 11.3 Å². The molecule has 1 amide bonds. The standard InChI is InChI=1S/C21H22N2O5S2/c1-4-28-17-7-5-15(6-8-17)20-14(2)29-21(23-20)22-19(24)13-30(25,26)18-11-9-16(27-3)10-12-18/h5-12H,4,13H2,1-3H3,(H,22,23,24). The fourth-order valence-corrected chi connectivity index (χ4v) is 4.77. The number of aromatic nitrogens is 1. The van der Waals surface area contributed by atoms with Crippen LogP contribution in [-0.2, 0) is 14.6 Å². The van der Waals surface area contributed by atoms with Gasteiger partial charge in [-0.25, -0.2) is 13.4 Å². The topological polar surface area (TPSA) is 94.6 Å². The Morgan fingerprint density at radius 3 is 2.30 bits per heavy atom. The van der Waals surface area contributed by atoms with Crippen molar-refractivity contribution in [3.63, 3.8) is 0 Å². The van der Waals surface area contributed by atoms with Gasteiger partial charge >= 0.3 is 0 Å². The number of benzene rings is 2. The monoisotopic (exact) mass is 446 g/mol. The van der Waals surface area contributed by atoms with Crippen molar-refractivity contribution in [3.05, 3.63) is 53.4 Å². The van der Waals surface area contributed by atoms with Crippen LogP contribution in [0.3, 0.4) is 0 Å². The number of carbonyl (C=O) groups is 1. The van der Waals surface area contributed by atoms with Crippen LogP contribution in [0.2, 0.25) is 0 Å². The number of nitrogens with one attached hydrogen (secondary N) is 1. The van der Waals surface area contributed by atoms with Crippen LogP contribution in [0.25, 0.3) is 11.3 Å². The second-order valence-corrected chi connectivity index (χ2v) is 9.56. The summed E-state index contributed by atoms with van der Waals surface area (Å²) in [5, 5.41) is 2.95. The van der Waals surface area contributed by atoms with Crippen molar-refractivity contribution < 1.29 is 22.7 Å². The highest BCUT2D eigenvalue weighted by Gasteiger charge is 2.21. The number of hydrogen-bond donors (Lipinski definition) is 1. The van der Waals surface area contributed by atoms with Gasteiger partial charge in [-0.15, -0.1) is 11.3 Å². The fourth-order valence-electron chi connectivity index (χ4n) is 2.79. The van der Waals surface area contributed by atoms with Crippen molar-refractivity contribution in [3.8, 4) is 22.8 Å². The summed E-state index contributed by atoms with van der Waals surface area (Å²) in [6.45, 7) is 4.40. The van der Waals surface area contributed by atoms with Gasteiger partial charge in [0.05, 0.1) is 24.3 Å². The predicted molar refractivity (Wildman–Crippen MR) is 117 cm³/mol. The summed E-state index contributed by atoms with van der Waals surface area (Å²) in [6.07, 6.45) is 0. The van der Waals surface area contributed by atoms with Crippen molar-refractivity contribution in [1.29, 1.82) is 0 Å². The molecule has 9 heteroatoms. The molecule has 1 heterocycles. The summed E-state index contributed by atoms with van der Waals surface area (Å²) >= 11 is 1.29. The maximum Gasteiger partial charge on any atom is 0.241 e. The first-order valence-electron chi connectivity index (χ1n) is 9.19. The molecule has 0 fully saturated rings. The van der Waals surface area contributed by atoms with Crippen LogP contribution in [0.15, 0.2) is 53.4 Å². The second-order valence-electron chi connectivity index (χ2n) is 6.36. The van der Waals surface area contributed by atoms with Gasteiger partial charge in [0.15, 0.2) is 15.0 Å². The third-order valence-electron chi connectivity index (χ3n) is 4.22. The van der Waals surface area contributed by atoms with Crippen LogP contribution in [0.4, 0.5) is 5.13 Å². The van der Waals surface area contributed by atoms with E-state index in [1.165, 1.54) is 42.7 Å². The molecule has 0 aliphatic heterocycles. The molecule has 7 nitrogen and oxygen atoms in total. The number of carbonyl (C=O) groups excluding carboxylic acids is 1. The number of ether oxygens (including phenoxy) is 2. The van der Waals surface area contributed by atoms with Gasteiger partial charge < -0.3 is 14.8 Å². The van der Waals surface area contributed by atoms with Crippen molar-refractivity contribution >= 4 is 32.2 Å². The highest BCUT2D eigenvalue weighted by atomic mass is 32.2. The minimum absolute atomic E-state index is 0.0591. The van der Waals surface area contributed by atoms with E-state index in [-0.39, 0.29) is 4.90 Å². The van der Waals surface area contributed by atoms with Crippen LogP contribution in [0.5, 0.6) is 11.5 Å². The molecule has 0 saturated heterocycles. The number of nitrogens with zero attached hydrogens (tertiary/aromatic N) is 1. The Labute approximate surface area is 179 Å². The zero-order chi connectivity index (χ0) is 21.7. The minimum Gasteiger partial charge on any atom is -0.497 e. The second kappa shape index (κ2) is 9.27. The van der Waals surface area contributed by atoms with Crippen molar-refractivity contribution in [2.75, 3.05) is 24.8 Å². The summed E-state index contributed by atoms with van der Waals surface area (Å²) in [6, 6.07) is 13.4. The van der Waals surface area contributed by atoms with Crippen molar-refractivity contribution in [1.82, 2.24) is 4.98 Å². The summed E-state index contributed by atoms with van der Waals surface area (Å²) in [7, 11) is -2.28. The maximum atomic E-state index is 12.5. The molecule has 158 valence electrons. The lowest BCUT2D eigenvalue weighted by Gasteiger charge is -2.06. The van der Waals surface area contributed by atoms with E-state index in [2.05, 4.69) is 10.3 Å². The molecule has 1 N–H and O–H groups in total. The van der Waals surface area contributed by atoms with Crippen LogP contribution in [0, 0.1) is 6.92 Å². The van der Waals surface area contributed by atoms with Crippen molar-refractivity contribution in [2.45, 2.75) is 18.7 Å². The predicted octanol–water partition coefficient (Wildman–Crippen LogP) is 3.94. The summed E-state index contributed by atoms with van der Waals surface area (Å²) < 4.78 is 35.4. The molecule has 0 unspecified atom stereocenters. The van der Waals surface area contributed by atoms with Crippen molar-refractivity contribution in [2.24, 2.45) is 0 Å². The lowest BCUT2D eigenvalue weighted by atomic mass is 10.1. The highest BCUT2D eigenvalue weighted by Crippen LogP contribution is 2.31. The lowest BCUT2D eigenvalue weighted by Crippen LogP contribution is -2.22. The molecular formula is C21H22N2O5S2. The van der Waals surface area contributed by atoms with Gasteiger partial charge in [-0.05, 0) is 62.4 Å². The van der Waals surface area contributed by atoms with E-state index < -0.39 is 21.5 Å². The zero-order valence-corrected chi connectivity index (χ0v) is 18.5. The average Bonchev–Trinajstić information content (AvgIpc) is 3.08. The SMILES string of the molecule is CCOc1ccc(-c2nc(NC(=O)CS(=O)(=O)c3ccc(OC)cc3)sc2C)cc1. The number of hydrogen-bond acceptors (Lipinski definition) is 7. The largest absolute Gasteiger partial charge is 0.497 e. The maximum absolute atomic E-state index is 12.5. The quantitative estimate of drug-likeness (QED) is 0.563. The number of sulfone groups is 1. The Hall–Kier alpha value is -2.91. The zero-order valence-electron chi connectivity index (χ0n) is 16.8. The first-order valence-corrected chi connectivity index (χ1v) is 11.7. The van der Waals surface area contributed by atoms with Gasteiger partial charge in [-0.1, -0.05) is 0 Å². The first kappa shape index (κ1) is 21.8. The molecule has 0 radical (unpaired) electrons. The van der Waals surface area contributed by atoms with Gasteiger partial charge in [-0.3, -0.25) is 4.79 Å². The number of aryl methyl sites for hydroxylation is 1. The molecule has 3 rings (SSSR count). The normalized spacial score (nSPS) is 11.2. The van der Waals surface area contributed by atoms with E-state index in [1.807, 2.05) is 38.1 Å². The van der Waals surface area contributed by atoms with E-state index in [1.54, 1.807) is 0 Å². The fraction of sp³-hybridized carbons (Fsp3) is 0.238. The van der Waals surface area contributed by atoms with Gasteiger partial charge in [0.1, 0.15) is 17.3 Å². The van der Waals surface area contributed by atoms with Gasteiger partial charge in [0.25, 0.3) is 0 Å². The van der Waals surface area contributed by atoms with Gasteiger partial charge in [0, 0.05) is 10.4 Å². The van der Waals surface area contributed by atoms with Crippen LogP contribution < -0.4 is 14.8 Å². The van der Waals surface area contributed by atoms with E-state index in [0.717, 1.165) is 21.9 Å². The molecule has 0 spiro atoms. The molecule has 1 aromatic heterocycles. The lowest BCUT2D eigenvalue weighted by molar-refractivity contribution is -0.113. The molecule has 0 bridgehead atoms. The molecular weight excluding hydrogens is 424 g/mol. The number of anilines is 1. The van der Waals surface area contributed by atoms with E-state index in [9.17, 15) is 13.2 Å². The molecule has 3 aromatic rings. The Morgan fingerprint density at radius 1 is 1.07 bits per heavy atom. The number of amides is 1. The van der Waals surface area contributed by atoms with Gasteiger partial charge in [-0.2, -0.15) is 0 Å². The smallest absolute Gasteiger partial charge is 0.241 e. The third-order valence-corrected chi connectivity index (χ3v) is 6.74. The summed E-state index contributed by atoms with van der Waals surface area (Å²) in [5.74, 6) is -0.00114. The van der Waals surface area contributed by atoms with E-state index in [0.29, 0.717) is 17.5 Å². The number of methoxy groups -OCH3 is 1. The Morgan fingerprint density at radius 2 is 1.70 bits per heavy atom. The highest BCUT2D eigenvalue weighted by molar-refractivity contribution is 7.92. The van der Waals surface area contributed by atoms with Crippen LogP contribution in [0.1, 0.15) is 11.8 Å². The molecule has 2 aromatic carbocycles. The third kappa shape index (κ3) is 5.17. The average molecular weight is 447 g/mol. The van der Waals surface area contributed by atoms with Crippen LogP contribution in [-0.4, -0.2) is 38.8 Å². The minimum atomic E-state index is -3.77. The Bertz CT molecular complexity index is 1120. The molecule has 0 saturated carbocycles. The summed E-state index contributed by atoms with van der Waals surface area (Å²) in [5.41, 5.74) is 1.62. The molecule has 0 atom stereocenters. The number of thiazole rings is 1. The molecule has 0 aliphatic carbocycles. The Balaban J connectivity index is 1.70. The van der Waals surface area contributed by atoms with E-state index >= 15 is 0 Å². The van der Waals surface area contributed by atoms with Gasteiger partial charge in [0.2, 0.25) is 5.91 Å². The Kier molecular flexibility index (Phi) is 6.73. The molecule has 0 aliphatic rings. The summed E-state index contributed by atoms with van der Waals surface area (Å²) in [4.78, 5) is 17.8. The molecule has 30 heavy (non-hydrogen) atoms. The number of rotatable bonds is 8. The van der Waals surface area contributed by atoms with E-state index in [4.69, 9.17) is 9.47 Å².